The molecule has 0 aromatic carbocycles. The number of hydrogen-bond acceptors (Lipinski definition) is 2. The number of rotatable bonds is 4. The van der Waals surface area contributed by atoms with Crippen molar-refractivity contribution in [1.82, 2.24) is 4.90 Å². The minimum Gasteiger partial charge on any atom is -0.326 e. The summed E-state index contributed by atoms with van der Waals surface area (Å²) < 4.78 is 0. The Morgan fingerprint density at radius 1 is 1.22 bits per heavy atom. The van der Waals surface area contributed by atoms with Crippen LogP contribution in [-0.4, -0.2) is 30.6 Å². The molecule has 0 amide bonds. The van der Waals surface area contributed by atoms with Crippen LogP contribution in [-0.2, 0) is 0 Å². The summed E-state index contributed by atoms with van der Waals surface area (Å²) in [5.74, 6) is 1.52. The summed E-state index contributed by atoms with van der Waals surface area (Å²) in [6.07, 6.45) is 5.27. The fourth-order valence-corrected chi connectivity index (χ4v) is 2.99. The number of likely N-dealkylation sites (tertiary alicyclic amines) is 1. The summed E-state index contributed by atoms with van der Waals surface area (Å²) >= 11 is 0. The van der Waals surface area contributed by atoms with E-state index in [-0.39, 0.29) is 0 Å². The van der Waals surface area contributed by atoms with E-state index < -0.39 is 0 Å². The third-order valence-corrected chi connectivity index (χ3v) is 4.89. The standard InChI is InChI=1S/C16H34N2/c1-6-13(2)15(17)12-18-10-7-8-14(9-11-18)16(3,4)5/h13-15H,6-12,17H2,1-5H3/t13?,14?,15-/m1/s1. The lowest BCUT2D eigenvalue weighted by Gasteiger charge is -2.30. The first kappa shape index (κ1) is 16.0. The van der Waals surface area contributed by atoms with Crippen LogP contribution in [0.4, 0.5) is 0 Å². The van der Waals surface area contributed by atoms with Crippen molar-refractivity contribution in [3.8, 4) is 0 Å². The molecule has 108 valence electrons. The van der Waals surface area contributed by atoms with E-state index in [4.69, 9.17) is 5.73 Å². The van der Waals surface area contributed by atoms with Gasteiger partial charge in [0.15, 0.2) is 0 Å². The highest BCUT2D eigenvalue weighted by Crippen LogP contribution is 2.34. The van der Waals surface area contributed by atoms with Gasteiger partial charge in [0.2, 0.25) is 0 Å². The monoisotopic (exact) mass is 254 g/mol. The summed E-state index contributed by atoms with van der Waals surface area (Å²) in [4.78, 5) is 2.60. The van der Waals surface area contributed by atoms with Crippen LogP contribution in [0.15, 0.2) is 0 Å². The Labute approximate surface area is 114 Å². The molecule has 0 aromatic heterocycles. The van der Waals surface area contributed by atoms with Gasteiger partial charge >= 0.3 is 0 Å². The van der Waals surface area contributed by atoms with E-state index in [0.717, 1.165) is 12.5 Å². The molecule has 0 radical (unpaired) electrons. The zero-order valence-electron chi connectivity index (χ0n) is 13.2. The molecular formula is C16H34N2. The van der Waals surface area contributed by atoms with E-state index >= 15 is 0 Å². The summed E-state index contributed by atoms with van der Waals surface area (Å²) in [7, 11) is 0. The van der Waals surface area contributed by atoms with Gasteiger partial charge in [-0.3, -0.25) is 0 Å². The van der Waals surface area contributed by atoms with E-state index in [0.29, 0.717) is 17.4 Å². The van der Waals surface area contributed by atoms with E-state index in [1.54, 1.807) is 0 Å². The molecule has 0 aromatic rings. The quantitative estimate of drug-likeness (QED) is 0.832. The minimum atomic E-state index is 0.348. The van der Waals surface area contributed by atoms with Gasteiger partial charge in [-0.2, -0.15) is 0 Å². The molecule has 2 N–H and O–H groups in total. The average molecular weight is 254 g/mol. The third kappa shape index (κ3) is 4.89. The van der Waals surface area contributed by atoms with Crippen molar-refractivity contribution in [2.24, 2.45) is 23.0 Å². The second-order valence-electron chi connectivity index (χ2n) is 7.34. The summed E-state index contributed by atoms with van der Waals surface area (Å²) in [5, 5.41) is 0. The van der Waals surface area contributed by atoms with Crippen molar-refractivity contribution in [2.45, 2.75) is 66.3 Å². The Bertz CT molecular complexity index is 232. The average Bonchev–Trinajstić information content (AvgIpc) is 2.52. The Kier molecular flexibility index (Phi) is 6.13. The van der Waals surface area contributed by atoms with Gasteiger partial charge in [0.1, 0.15) is 0 Å². The topological polar surface area (TPSA) is 29.3 Å². The van der Waals surface area contributed by atoms with Crippen molar-refractivity contribution < 1.29 is 0 Å². The first-order valence-corrected chi connectivity index (χ1v) is 7.82. The molecule has 3 atom stereocenters. The van der Waals surface area contributed by atoms with Crippen LogP contribution in [0.2, 0.25) is 0 Å². The van der Waals surface area contributed by atoms with Crippen LogP contribution in [0.3, 0.4) is 0 Å². The fraction of sp³-hybridized carbons (Fsp3) is 1.00. The predicted octanol–water partition coefficient (Wildman–Crippen LogP) is 3.51. The van der Waals surface area contributed by atoms with Crippen LogP contribution < -0.4 is 5.73 Å². The molecule has 1 fully saturated rings. The van der Waals surface area contributed by atoms with E-state index in [1.165, 1.54) is 38.8 Å². The molecule has 1 heterocycles. The van der Waals surface area contributed by atoms with Crippen molar-refractivity contribution in [2.75, 3.05) is 19.6 Å². The van der Waals surface area contributed by atoms with Crippen LogP contribution in [0.5, 0.6) is 0 Å². The van der Waals surface area contributed by atoms with Gasteiger partial charge in [-0.25, -0.2) is 0 Å². The lowest BCUT2D eigenvalue weighted by Crippen LogP contribution is -2.41. The highest BCUT2D eigenvalue weighted by Gasteiger charge is 2.27. The molecule has 0 spiro atoms. The predicted molar refractivity (Wildman–Crippen MR) is 80.7 cm³/mol. The number of nitrogens with zero attached hydrogens (tertiary/aromatic N) is 1. The van der Waals surface area contributed by atoms with Crippen LogP contribution in [0.1, 0.15) is 60.3 Å². The molecule has 1 aliphatic rings. The van der Waals surface area contributed by atoms with Crippen LogP contribution in [0.25, 0.3) is 0 Å². The van der Waals surface area contributed by atoms with E-state index in [1.807, 2.05) is 0 Å². The zero-order chi connectivity index (χ0) is 13.8. The smallest absolute Gasteiger partial charge is 0.0193 e. The molecular weight excluding hydrogens is 220 g/mol. The van der Waals surface area contributed by atoms with Gasteiger partial charge in [-0.05, 0) is 49.6 Å². The Morgan fingerprint density at radius 2 is 1.89 bits per heavy atom. The molecule has 18 heavy (non-hydrogen) atoms. The van der Waals surface area contributed by atoms with Gasteiger partial charge in [-0.1, -0.05) is 41.0 Å². The highest BCUT2D eigenvalue weighted by molar-refractivity contribution is 4.81. The maximum absolute atomic E-state index is 6.29. The highest BCUT2D eigenvalue weighted by atomic mass is 15.1. The second-order valence-corrected chi connectivity index (χ2v) is 7.34. The summed E-state index contributed by atoms with van der Waals surface area (Å²) in [6, 6.07) is 0.348. The molecule has 0 aliphatic carbocycles. The van der Waals surface area contributed by atoms with E-state index in [2.05, 4.69) is 39.5 Å². The summed E-state index contributed by atoms with van der Waals surface area (Å²) in [6.45, 7) is 15.3. The first-order valence-electron chi connectivity index (χ1n) is 7.82. The van der Waals surface area contributed by atoms with E-state index in [9.17, 15) is 0 Å². The van der Waals surface area contributed by atoms with Crippen LogP contribution in [0, 0.1) is 17.3 Å². The molecule has 2 unspecified atom stereocenters. The third-order valence-electron chi connectivity index (χ3n) is 4.89. The fourth-order valence-electron chi connectivity index (χ4n) is 2.99. The molecule has 1 aliphatic heterocycles. The Morgan fingerprint density at radius 3 is 2.44 bits per heavy atom. The first-order chi connectivity index (χ1) is 8.34. The second kappa shape index (κ2) is 6.91. The maximum atomic E-state index is 6.29. The number of hydrogen-bond donors (Lipinski definition) is 1. The number of nitrogens with two attached hydrogens (primary N) is 1. The van der Waals surface area contributed by atoms with Crippen LogP contribution >= 0.6 is 0 Å². The zero-order valence-corrected chi connectivity index (χ0v) is 13.2. The lowest BCUT2D eigenvalue weighted by molar-refractivity contribution is 0.200. The molecule has 1 rings (SSSR count). The van der Waals surface area contributed by atoms with Gasteiger partial charge in [0.05, 0.1) is 0 Å². The molecule has 2 nitrogen and oxygen atoms in total. The lowest BCUT2D eigenvalue weighted by atomic mass is 9.77. The molecule has 0 bridgehead atoms. The van der Waals surface area contributed by atoms with Gasteiger partial charge in [-0.15, -0.1) is 0 Å². The van der Waals surface area contributed by atoms with Crippen molar-refractivity contribution in [3.05, 3.63) is 0 Å². The van der Waals surface area contributed by atoms with Gasteiger partial charge in [0.25, 0.3) is 0 Å². The van der Waals surface area contributed by atoms with Crippen molar-refractivity contribution in [1.29, 1.82) is 0 Å². The summed E-state index contributed by atoms with van der Waals surface area (Å²) in [5.41, 5.74) is 6.76. The van der Waals surface area contributed by atoms with Crippen molar-refractivity contribution in [3.63, 3.8) is 0 Å². The minimum absolute atomic E-state index is 0.348. The van der Waals surface area contributed by atoms with Gasteiger partial charge in [0, 0.05) is 12.6 Å². The SMILES string of the molecule is CCC(C)[C@H](N)CN1CCCC(C(C)(C)C)CC1. The molecule has 2 heteroatoms. The van der Waals surface area contributed by atoms with Gasteiger partial charge < -0.3 is 10.6 Å². The Balaban J connectivity index is 2.42. The van der Waals surface area contributed by atoms with Crippen molar-refractivity contribution >= 4 is 0 Å². The maximum Gasteiger partial charge on any atom is 0.0193 e. The largest absolute Gasteiger partial charge is 0.326 e. The Hall–Kier alpha value is -0.0800. The molecule has 0 saturated carbocycles. The normalized spacial score (nSPS) is 26.7. The molecule has 1 saturated heterocycles.